The molecule has 0 radical (unpaired) electrons. The zero-order chi connectivity index (χ0) is 18.4. The maximum absolute atomic E-state index is 12.2. The SMILES string of the molecule is Cc1nccn1Cc1ccc(C(=O)NCCCc2ccc(Cl)cc2)cc1. The largest absolute Gasteiger partial charge is 0.352 e. The summed E-state index contributed by atoms with van der Waals surface area (Å²) in [4.78, 5) is 16.5. The highest BCUT2D eigenvalue weighted by atomic mass is 35.5. The van der Waals surface area contributed by atoms with Crippen LogP contribution >= 0.6 is 11.6 Å². The van der Waals surface area contributed by atoms with E-state index in [0.717, 1.165) is 35.8 Å². The Balaban J connectivity index is 1.45. The molecule has 0 aliphatic rings. The van der Waals surface area contributed by atoms with Gasteiger partial charge in [-0.1, -0.05) is 35.9 Å². The summed E-state index contributed by atoms with van der Waals surface area (Å²) in [6, 6.07) is 15.5. The highest BCUT2D eigenvalue weighted by Gasteiger charge is 2.05. The molecular formula is C21H22ClN3O. The molecule has 0 atom stereocenters. The van der Waals surface area contributed by atoms with Crippen molar-refractivity contribution in [1.29, 1.82) is 0 Å². The number of aromatic nitrogens is 2. The summed E-state index contributed by atoms with van der Waals surface area (Å²) < 4.78 is 2.08. The summed E-state index contributed by atoms with van der Waals surface area (Å²) in [6.45, 7) is 3.39. The number of carbonyl (C=O) groups excluding carboxylic acids is 1. The number of imidazole rings is 1. The smallest absolute Gasteiger partial charge is 0.251 e. The molecule has 134 valence electrons. The fraction of sp³-hybridized carbons (Fsp3) is 0.238. The van der Waals surface area contributed by atoms with Gasteiger partial charge >= 0.3 is 0 Å². The number of hydrogen-bond acceptors (Lipinski definition) is 2. The van der Waals surface area contributed by atoms with E-state index in [1.807, 2.05) is 61.7 Å². The van der Waals surface area contributed by atoms with E-state index in [2.05, 4.69) is 14.9 Å². The van der Waals surface area contributed by atoms with Crippen LogP contribution in [0.1, 0.15) is 33.7 Å². The molecule has 0 unspecified atom stereocenters. The number of carbonyl (C=O) groups is 1. The molecule has 5 heteroatoms. The Morgan fingerprint density at radius 3 is 2.42 bits per heavy atom. The van der Waals surface area contributed by atoms with Crippen molar-refractivity contribution in [2.45, 2.75) is 26.3 Å². The minimum atomic E-state index is -0.0357. The van der Waals surface area contributed by atoms with Crippen LogP contribution in [-0.4, -0.2) is 22.0 Å². The molecule has 0 fully saturated rings. The predicted octanol–water partition coefficient (Wildman–Crippen LogP) is 4.26. The van der Waals surface area contributed by atoms with Crippen LogP contribution in [0.5, 0.6) is 0 Å². The average Bonchev–Trinajstić information content (AvgIpc) is 3.05. The first-order valence-electron chi connectivity index (χ1n) is 8.71. The third-order valence-electron chi connectivity index (χ3n) is 4.33. The van der Waals surface area contributed by atoms with Crippen LogP contribution < -0.4 is 5.32 Å². The monoisotopic (exact) mass is 367 g/mol. The molecule has 4 nitrogen and oxygen atoms in total. The third kappa shape index (κ3) is 4.96. The number of rotatable bonds is 7. The fourth-order valence-corrected chi connectivity index (χ4v) is 2.90. The van der Waals surface area contributed by atoms with E-state index in [1.54, 1.807) is 6.20 Å². The van der Waals surface area contributed by atoms with Crippen molar-refractivity contribution in [3.8, 4) is 0 Å². The van der Waals surface area contributed by atoms with Crippen LogP contribution in [0.15, 0.2) is 60.9 Å². The molecule has 0 spiro atoms. The second-order valence-corrected chi connectivity index (χ2v) is 6.72. The summed E-state index contributed by atoms with van der Waals surface area (Å²) in [6.07, 6.45) is 5.56. The molecule has 1 heterocycles. The molecule has 0 saturated carbocycles. The summed E-state index contributed by atoms with van der Waals surface area (Å²) in [5.74, 6) is 0.943. The van der Waals surface area contributed by atoms with Gasteiger partial charge in [0.2, 0.25) is 0 Å². The second kappa shape index (κ2) is 8.68. The highest BCUT2D eigenvalue weighted by Crippen LogP contribution is 2.11. The van der Waals surface area contributed by atoms with Gasteiger partial charge < -0.3 is 9.88 Å². The van der Waals surface area contributed by atoms with Crippen LogP contribution in [0.4, 0.5) is 0 Å². The number of nitrogens with one attached hydrogen (secondary N) is 1. The van der Waals surface area contributed by atoms with Gasteiger partial charge in [-0.2, -0.15) is 0 Å². The third-order valence-corrected chi connectivity index (χ3v) is 4.59. The Morgan fingerprint density at radius 2 is 1.77 bits per heavy atom. The minimum absolute atomic E-state index is 0.0357. The van der Waals surface area contributed by atoms with Gasteiger partial charge in [-0.25, -0.2) is 4.98 Å². The zero-order valence-electron chi connectivity index (χ0n) is 14.8. The number of amides is 1. The van der Waals surface area contributed by atoms with Crippen LogP contribution in [0.2, 0.25) is 5.02 Å². The molecule has 3 aromatic rings. The van der Waals surface area contributed by atoms with Gasteiger partial charge in [-0.15, -0.1) is 0 Å². The Bertz CT molecular complexity index is 854. The number of nitrogens with zero attached hydrogens (tertiary/aromatic N) is 2. The predicted molar refractivity (Wildman–Crippen MR) is 105 cm³/mol. The maximum Gasteiger partial charge on any atom is 0.251 e. The second-order valence-electron chi connectivity index (χ2n) is 6.29. The zero-order valence-corrected chi connectivity index (χ0v) is 15.5. The molecule has 1 amide bonds. The molecule has 0 aliphatic carbocycles. The lowest BCUT2D eigenvalue weighted by Gasteiger charge is -2.08. The van der Waals surface area contributed by atoms with Crippen molar-refractivity contribution in [1.82, 2.24) is 14.9 Å². The van der Waals surface area contributed by atoms with E-state index in [-0.39, 0.29) is 5.91 Å². The maximum atomic E-state index is 12.2. The van der Waals surface area contributed by atoms with E-state index in [0.29, 0.717) is 12.1 Å². The summed E-state index contributed by atoms with van der Waals surface area (Å²) in [5, 5.41) is 3.72. The van der Waals surface area contributed by atoms with Crippen LogP contribution in [0.25, 0.3) is 0 Å². The molecule has 3 rings (SSSR count). The highest BCUT2D eigenvalue weighted by molar-refractivity contribution is 6.30. The standard InChI is InChI=1S/C21H22ClN3O/c1-16-23-13-14-25(16)15-18-4-8-19(9-5-18)21(26)24-12-2-3-17-6-10-20(22)11-7-17/h4-11,13-14H,2-3,12,15H2,1H3,(H,24,26). The van der Waals surface area contributed by atoms with E-state index in [1.165, 1.54) is 5.56 Å². The van der Waals surface area contributed by atoms with E-state index >= 15 is 0 Å². The minimum Gasteiger partial charge on any atom is -0.352 e. The first-order valence-corrected chi connectivity index (χ1v) is 9.09. The van der Waals surface area contributed by atoms with E-state index in [9.17, 15) is 4.79 Å². The first kappa shape index (κ1) is 18.2. The van der Waals surface area contributed by atoms with Gasteiger partial charge in [0, 0.05) is 36.1 Å². The summed E-state index contributed by atoms with van der Waals surface area (Å²) in [7, 11) is 0. The molecule has 1 aromatic heterocycles. The van der Waals surface area contributed by atoms with Crippen molar-refractivity contribution in [3.63, 3.8) is 0 Å². The summed E-state index contributed by atoms with van der Waals surface area (Å²) in [5.41, 5.74) is 3.05. The Labute approximate surface area is 158 Å². The van der Waals surface area contributed by atoms with Gasteiger partial charge in [-0.05, 0) is 55.2 Å². The molecule has 26 heavy (non-hydrogen) atoms. The molecule has 0 saturated heterocycles. The Morgan fingerprint density at radius 1 is 1.08 bits per heavy atom. The van der Waals surface area contributed by atoms with Crippen molar-refractivity contribution in [2.75, 3.05) is 6.54 Å². The lowest BCUT2D eigenvalue weighted by Crippen LogP contribution is -2.24. The lowest BCUT2D eigenvalue weighted by molar-refractivity contribution is 0.0953. The van der Waals surface area contributed by atoms with Gasteiger partial charge in [0.1, 0.15) is 5.82 Å². The lowest BCUT2D eigenvalue weighted by atomic mass is 10.1. The number of aryl methyl sites for hydroxylation is 2. The van der Waals surface area contributed by atoms with Crippen molar-refractivity contribution >= 4 is 17.5 Å². The fourth-order valence-electron chi connectivity index (χ4n) is 2.78. The quantitative estimate of drug-likeness (QED) is 0.634. The van der Waals surface area contributed by atoms with Gasteiger partial charge in [-0.3, -0.25) is 4.79 Å². The number of hydrogen-bond donors (Lipinski definition) is 1. The van der Waals surface area contributed by atoms with Gasteiger partial charge in [0.05, 0.1) is 0 Å². The van der Waals surface area contributed by atoms with Gasteiger partial charge in [0.15, 0.2) is 0 Å². The molecule has 0 bridgehead atoms. The molecule has 1 N–H and O–H groups in total. The van der Waals surface area contributed by atoms with E-state index in [4.69, 9.17) is 11.6 Å². The molecule has 2 aromatic carbocycles. The number of benzene rings is 2. The average molecular weight is 368 g/mol. The first-order chi connectivity index (χ1) is 12.6. The van der Waals surface area contributed by atoms with Crippen LogP contribution in [0, 0.1) is 6.92 Å². The Hall–Kier alpha value is -2.59. The normalized spacial score (nSPS) is 10.7. The van der Waals surface area contributed by atoms with E-state index < -0.39 is 0 Å². The van der Waals surface area contributed by atoms with Crippen molar-refractivity contribution in [2.24, 2.45) is 0 Å². The molecule has 0 aliphatic heterocycles. The van der Waals surface area contributed by atoms with Crippen LogP contribution in [0.3, 0.4) is 0 Å². The van der Waals surface area contributed by atoms with Crippen LogP contribution in [-0.2, 0) is 13.0 Å². The van der Waals surface area contributed by atoms with Crippen molar-refractivity contribution in [3.05, 3.63) is 88.5 Å². The van der Waals surface area contributed by atoms with Crippen molar-refractivity contribution < 1.29 is 4.79 Å². The van der Waals surface area contributed by atoms with Gasteiger partial charge in [0.25, 0.3) is 5.91 Å². The number of halogens is 1. The topological polar surface area (TPSA) is 46.9 Å². The summed E-state index contributed by atoms with van der Waals surface area (Å²) >= 11 is 5.88. The Kier molecular flexibility index (Phi) is 6.08. The molecular weight excluding hydrogens is 346 g/mol.